The van der Waals surface area contributed by atoms with Crippen LogP contribution in [0.15, 0.2) is 64.1 Å². The highest BCUT2D eigenvalue weighted by molar-refractivity contribution is 5.81. The van der Waals surface area contributed by atoms with E-state index in [9.17, 15) is 9.18 Å². The van der Waals surface area contributed by atoms with Gasteiger partial charge >= 0.3 is 0 Å². The van der Waals surface area contributed by atoms with Crippen molar-refractivity contribution in [3.05, 3.63) is 82.0 Å². The molecule has 0 amide bonds. The smallest absolute Gasteiger partial charge is 0.194 e. The monoisotopic (exact) mass is 349 g/mol. The summed E-state index contributed by atoms with van der Waals surface area (Å²) < 4.78 is 20.5. The molecule has 0 aliphatic carbocycles. The van der Waals surface area contributed by atoms with Gasteiger partial charge in [0.15, 0.2) is 17.0 Å². The normalized spacial score (nSPS) is 11.2. The molecular formula is C20H16FN3O2. The van der Waals surface area contributed by atoms with Gasteiger partial charge in [0.2, 0.25) is 0 Å². The van der Waals surface area contributed by atoms with Gasteiger partial charge in [-0.1, -0.05) is 24.3 Å². The molecule has 0 saturated carbocycles. The topological polar surface area (TPSA) is 60.9 Å². The highest BCUT2D eigenvalue weighted by Gasteiger charge is 2.13. The fourth-order valence-electron chi connectivity index (χ4n) is 3.05. The largest absolute Gasteiger partial charge is 0.452 e. The van der Waals surface area contributed by atoms with Gasteiger partial charge in [0.25, 0.3) is 0 Å². The van der Waals surface area contributed by atoms with Gasteiger partial charge < -0.3 is 4.42 Å². The number of aromatic nitrogens is 3. The number of halogens is 1. The fraction of sp³-hybridized carbons (Fsp3) is 0.150. The maximum atomic E-state index is 13.0. The van der Waals surface area contributed by atoms with Crippen molar-refractivity contribution in [2.24, 2.45) is 7.05 Å². The predicted octanol–water partition coefficient (Wildman–Crippen LogP) is 3.51. The molecule has 0 atom stereocenters. The van der Waals surface area contributed by atoms with E-state index in [2.05, 4.69) is 10.1 Å². The number of benzene rings is 2. The standard InChI is InChI=1S/C20H16FN3O2/c1-24-20(22-12-23-24)18-11-16(25)19-14(3-2-4-17(19)26-18)8-5-13-6-9-15(21)10-7-13/h2-4,6-7,9-12H,5,8H2,1H3. The zero-order chi connectivity index (χ0) is 18.1. The second-order valence-corrected chi connectivity index (χ2v) is 6.10. The second-order valence-electron chi connectivity index (χ2n) is 6.10. The van der Waals surface area contributed by atoms with Gasteiger partial charge in [-0.15, -0.1) is 0 Å². The molecule has 0 aliphatic rings. The van der Waals surface area contributed by atoms with Crippen molar-refractivity contribution in [3.8, 4) is 11.6 Å². The Morgan fingerprint density at radius 3 is 2.65 bits per heavy atom. The third-order valence-electron chi connectivity index (χ3n) is 4.37. The molecule has 2 aromatic carbocycles. The first-order chi connectivity index (χ1) is 12.6. The summed E-state index contributed by atoms with van der Waals surface area (Å²) >= 11 is 0. The van der Waals surface area contributed by atoms with Crippen molar-refractivity contribution < 1.29 is 8.81 Å². The second kappa shape index (κ2) is 6.55. The van der Waals surface area contributed by atoms with Crippen LogP contribution in [-0.2, 0) is 19.9 Å². The predicted molar refractivity (Wildman–Crippen MR) is 96.3 cm³/mol. The molecule has 0 radical (unpaired) electrons. The molecular weight excluding hydrogens is 333 g/mol. The van der Waals surface area contributed by atoms with E-state index in [1.165, 1.54) is 24.5 Å². The highest BCUT2D eigenvalue weighted by Crippen LogP contribution is 2.23. The zero-order valence-electron chi connectivity index (χ0n) is 14.1. The van der Waals surface area contributed by atoms with Crippen LogP contribution in [0.3, 0.4) is 0 Å². The maximum Gasteiger partial charge on any atom is 0.194 e. The molecule has 0 saturated heterocycles. The molecule has 130 valence electrons. The Labute approximate surface area is 148 Å². The summed E-state index contributed by atoms with van der Waals surface area (Å²) in [6, 6.07) is 13.4. The molecule has 0 bridgehead atoms. The third-order valence-corrected chi connectivity index (χ3v) is 4.37. The van der Waals surface area contributed by atoms with Crippen LogP contribution in [0.2, 0.25) is 0 Å². The molecule has 0 N–H and O–H groups in total. The molecule has 4 rings (SSSR count). The van der Waals surface area contributed by atoms with Crippen molar-refractivity contribution >= 4 is 11.0 Å². The Hall–Kier alpha value is -3.28. The SMILES string of the molecule is Cn1ncnc1-c1cc(=O)c2c(CCc3ccc(F)cc3)cccc2o1. The summed E-state index contributed by atoms with van der Waals surface area (Å²) in [4.78, 5) is 16.8. The van der Waals surface area contributed by atoms with Gasteiger partial charge in [-0.25, -0.2) is 14.1 Å². The van der Waals surface area contributed by atoms with Gasteiger partial charge in [-0.2, -0.15) is 5.10 Å². The van der Waals surface area contributed by atoms with Crippen molar-refractivity contribution in [3.63, 3.8) is 0 Å². The van der Waals surface area contributed by atoms with E-state index in [-0.39, 0.29) is 11.2 Å². The number of hydrogen-bond acceptors (Lipinski definition) is 4. The Bertz CT molecular complexity index is 1130. The minimum absolute atomic E-state index is 0.112. The summed E-state index contributed by atoms with van der Waals surface area (Å²) in [6.45, 7) is 0. The Morgan fingerprint density at radius 2 is 1.92 bits per heavy atom. The number of rotatable bonds is 4. The van der Waals surface area contributed by atoms with E-state index in [1.54, 1.807) is 29.9 Å². The minimum Gasteiger partial charge on any atom is -0.452 e. The van der Waals surface area contributed by atoms with Crippen molar-refractivity contribution in [2.45, 2.75) is 12.8 Å². The molecule has 26 heavy (non-hydrogen) atoms. The first kappa shape index (κ1) is 16.2. The van der Waals surface area contributed by atoms with Gasteiger partial charge in [0.1, 0.15) is 17.7 Å². The highest BCUT2D eigenvalue weighted by atomic mass is 19.1. The Kier molecular flexibility index (Phi) is 4.08. The van der Waals surface area contributed by atoms with Crippen LogP contribution in [0, 0.1) is 5.82 Å². The number of nitrogens with zero attached hydrogens (tertiary/aromatic N) is 3. The summed E-state index contributed by atoms with van der Waals surface area (Å²) in [5.74, 6) is 0.634. The van der Waals surface area contributed by atoms with Crippen LogP contribution in [0.4, 0.5) is 4.39 Å². The quantitative estimate of drug-likeness (QED) is 0.566. The van der Waals surface area contributed by atoms with Crippen LogP contribution in [0.25, 0.3) is 22.6 Å². The first-order valence-electron chi connectivity index (χ1n) is 8.26. The van der Waals surface area contributed by atoms with E-state index >= 15 is 0 Å². The van der Waals surface area contributed by atoms with Gasteiger partial charge in [0.05, 0.1) is 5.39 Å². The molecule has 0 aliphatic heterocycles. The van der Waals surface area contributed by atoms with E-state index in [0.29, 0.717) is 35.4 Å². The molecule has 4 aromatic rings. The lowest BCUT2D eigenvalue weighted by Crippen LogP contribution is -2.06. The molecule has 0 unspecified atom stereocenters. The zero-order valence-corrected chi connectivity index (χ0v) is 14.1. The van der Waals surface area contributed by atoms with Crippen LogP contribution >= 0.6 is 0 Å². The molecule has 0 spiro atoms. The van der Waals surface area contributed by atoms with E-state index < -0.39 is 0 Å². The lowest BCUT2D eigenvalue weighted by molar-refractivity contribution is 0.602. The summed E-state index contributed by atoms with van der Waals surface area (Å²) in [5, 5.41) is 4.58. The Morgan fingerprint density at radius 1 is 1.12 bits per heavy atom. The van der Waals surface area contributed by atoms with E-state index in [0.717, 1.165) is 11.1 Å². The minimum atomic E-state index is -0.254. The first-order valence-corrected chi connectivity index (χ1v) is 8.26. The summed E-state index contributed by atoms with van der Waals surface area (Å²) in [6.07, 6.45) is 2.79. The van der Waals surface area contributed by atoms with Crippen molar-refractivity contribution in [1.29, 1.82) is 0 Å². The third kappa shape index (κ3) is 3.01. The van der Waals surface area contributed by atoms with Crippen LogP contribution in [0.5, 0.6) is 0 Å². The molecule has 2 aromatic heterocycles. The van der Waals surface area contributed by atoms with Crippen molar-refractivity contribution in [2.75, 3.05) is 0 Å². The molecule has 0 fully saturated rings. The maximum absolute atomic E-state index is 13.0. The number of aryl methyl sites for hydroxylation is 3. The van der Waals surface area contributed by atoms with Gasteiger partial charge in [-0.3, -0.25) is 4.79 Å². The van der Waals surface area contributed by atoms with E-state index in [4.69, 9.17) is 4.42 Å². The fourth-order valence-corrected chi connectivity index (χ4v) is 3.05. The van der Waals surface area contributed by atoms with Gasteiger partial charge in [0, 0.05) is 13.1 Å². The van der Waals surface area contributed by atoms with E-state index in [1.807, 2.05) is 12.1 Å². The number of hydrogen-bond donors (Lipinski definition) is 0. The average molecular weight is 349 g/mol. The number of fused-ring (bicyclic) bond motifs is 1. The lowest BCUT2D eigenvalue weighted by Gasteiger charge is -2.07. The van der Waals surface area contributed by atoms with Crippen molar-refractivity contribution in [1.82, 2.24) is 14.8 Å². The van der Waals surface area contributed by atoms with Crippen LogP contribution in [-0.4, -0.2) is 14.8 Å². The average Bonchev–Trinajstić information content (AvgIpc) is 3.07. The van der Waals surface area contributed by atoms with Crippen LogP contribution < -0.4 is 5.43 Å². The Balaban J connectivity index is 1.71. The lowest BCUT2D eigenvalue weighted by atomic mass is 10.0. The molecule has 2 heterocycles. The van der Waals surface area contributed by atoms with Crippen LogP contribution in [0.1, 0.15) is 11.1 Å². The molecule has 6 heteroatoms. The molecule has 5 nitrogen and oxygen atoms in total. The summed E-state index contributed by atoms with van der Waals surface area (Å²) in [7, 11) is 1.74. The summed E-state index contributed by atoms with van der Waals surface area (Å²) in [5.41, 5.74) is 2.33. The van der Waals surface area contributed by atoms with Gasteiger partial charge in [-0.05, 0) is 42.2 Å².